The predicted octanol–water partition coefficient (Wildman–Crippen LogP) is 2.71. The molecule has 0 aromatic carbocycles. The Morgan fingerprint density at radius 2 is 2.00 bits per heavy atom. The first-order chi connectivity index (χ1) is 7.24. The van der Waals surface area contributed by atoms with Gasteiger partial charge in [-0.2, -0.15) is 0 Å². The molecule has 88 valence electrons. The fraction of sp³-hybridized carbons (Fsp3) is 0.917. The molecule has 0 spiro atoms. The summed E-state index contributed by atoms with van der Waals surface area (Å²) in [6.07, 6.45) is 9.04. The van der Waals surface area contributed by atoms with E-state index < -0.39 is 0 Å². The van der Waals surface area contributed by atoms with E-state index in [1.54, 1.807) is 0 Å². The van der Waals surface area contributed by atoms with Crippen molar-refractivity contribution in [1.82, 2.24) is 4.90 Å². The maximum absolute atomic E-state index is 5.54. The Hall–Kier alpha value is -0.150. The zero-order chi connectivity index (χ0) is 11.1. The summed E-state index contributed by atoms with van der Waals surface area (Å²) in [5.41, 5.74) is 5.54. The molecule has 0 amide bonds. The third-order valence-corrected chi connectivity index (χ3v) is 3.21. The van der Waals surface area contributed by atoms with Gasteiger partial charge >= 0.3 is 0 Å². The Balaban J connectivity index is 2.10. The summed E-state index contributed by atoms with van der Waals surface area (Å²) in [6, 6.07) is 0.848. The van der Waals surface area contributed by atoms with Gasteiger partial charge in [-0.25, -0.2) is 0 Å². The molecule has 1 saturated carbocycles. The van der Waals surface area contributed by atoms with E-state index in [0.29, 0.717) is 4.99 Å². The quantitative estimate of drug-likeness (QED) is 0.486. The van der Waals surface area contributed by atoms with Crippen molar-refractivity contribution in [3.8, 4) is 0 Å². The minimum atomic E-state index is 0.661. The summed E-state index contributed by atoms with van der Waals surface area (Å²) < 4.78 is 0. The first-order valence-electron chi connectivity index (χ1n) is 6.26. The van der Waals surface area contributed by atoms with Gasteiger partial charge < -0.3 is 5.73 Å². The van der Waals surface area contributed by atoms with Crippen molar-refractivity contribution in [2.24, 2.45) is 5.73 Å². The molecule has 0 aliphatic heterocycles. The minimum absolute atomic E-state index is 0.661. The topological polar surface area (TPSA) is 29.3 Å². The van der Waals surface area contributed by atoms with Gasteiger partial charge in [0, 0.05) is 19.0 Å². The molecular weight excluding hydrogens is 204 g/mol. The minimum Gasteiger partial charge on any atom is -0.393 e. The third-order valence-electron chi connectivity index (χ3n) is 3.01. The fourth-order valence-electron chi connectivity index (χ4n) is 1.91. The number of nitrogens with two attached hydrogens (primary N) is 1. The zero-order valence-corrected chi connectivity index (χ0v) is 10.7. The van der Waals surface area contributed by atoms with Crippen LogP contribution in [0.15, 0.2) is 0 Å². The van der Waals surface area contributed by atoms with E-state index in [9.17, 15) is 0 Å². The lowest BCUT2D eigenvalue weighted by atomic mass is 10.2. The number of thiocarbonyl (C=S) groups is 1. The Morgan fingerprint density at radius 1 is 1.27 bits per heavy atom. The van der Waals surface area contributed by atoms with Gasteiger partial charge in [0.05, 0.1) is 4.99 Å². The van der Waals surface area contributed by atoms with Crippen molar-refractivity contribution in [2.45, 2.75) is 57.9 Å². The van der Waals surface area contributed by atoms with Crippen LogP contribution in [0.25, 0.3) is 0 Å². The molecule has 0 saturated heterocycles. The monoisotopic (exact) mass is 228 g/mol. The molecule has 0 radical (unpaired) electrons. The Bertz CT molecular complexity index is 190. The molecule has 2 nitrogen and oxygen atoms in total. The Labute approximate surface area is 99.2 Å². The molecule has 0 unspecified atom stereocenters. The van der Waals surface area contributed by atoms with Crippen LogP contribution in [0, 0.1) is 0 Å². The van der Waals surface area contributed by atoms with E-state index in [1.807, 2.05) is 0 Å². The van der Waals surface area contributed by atoms with Crippen LogP contribution in [0.5, 0.6) is 0 Å². The van der Waals surface area contributed by atoms with Gasteiger partial charge in [-0.05, 0) is 25.8 Å². The fourth-order valence-corrected chi connectivity index (χ4v) is 2.00. The second-order valence-electron chi connectivity index (χ2n) is 4.54. The highest BCUT2D eigenvalue weighted by atomic mass is 32.1. The molecule has 1 rings (SSSR count). The molecule has 1 aliphatic rings. The summed E-state index contributed by atoms with van der Waals surface area (Å²) in [5, 5.41) is 0. The second kappa shape index (κ2) is 7.18. The normalized spacial score (nSPS) is 15.9. The highest BCUT2D eigenvalue weighted by molar-refractivity contribution is 7.80. The van der Waals surface area contributed by atoms with Crippen LogP contribution in [0.4, 0.5) is 0 Å². The standard InChI is InChI=1S/C12H24N2S/c1-2-3-4-5-9-14(11-6-7-11)10-8-12(13)15/h11H,2-10H2,1H3,(H2,13,15). The van der Waals surface area contributed by atoms with E-state index >= 15 is 0 Å². The Kier molecular flexibility index (Phi) is 6.18. The molecular formula is C12H24N2S. The van der Waals surface area contributed by atoms with Crippen LogP contribution < -0.4 is 5.73 Å². The van der Waals surface area contributed by atoms with E-state index in [-0.39, 0.29) is 0 Å². The molecule has 0 aromatic rings. The van der Waals surface area contributed by atoms with Crippen LogP contribution in [-0.2, 0) is 0 Å². The van der Waals surface area contributed by atoms with E-state index in [0.717, 1.165) is 19.0 Å². The molecule has 3 heteroatoms. The molecule has 1 aliphatic carbocycles. The van der Waals surface area contributed by atoms with Gasteiger partial charge in [-0.1, -0.05) is 38.4 Å². The van der Waals surface area contributed by atoms with Crippen molar-refractivity contribution in [3.05, 3.63) is 0 Å². The lowest BCUT2D eigenvalue weighted by Crippen LogP contribution is -2.30. The first-order valence-corrected chi connectivity index (χ1v) is 6.67. The molecule has 0 atom stereocenters. The SMILES string of the molecule is CCCCCCN(CCC(N)=S)C1CC1. The number of hydrogen-bond donors (Lipinski definition) is 1. The average molecular weight is 228 g/mol. The largest absolute Gasteiger partial charge is 0.393 e. The molecule has 15 heavy (non-hydrogen) atoms. The maximum atomic E-state index is 5.54. The molecule has 0 heterocycles. The highest BCUT2D eigenvalue weighted by Gasteiger charge is 2.27. The van der Waals surface area contributed by atoms with Crippen LogP contribution in [0.3, 0.4) is 0 Å². The molecule has 0 aromatic heterocycles. The summed E-state index contributed by atoms with van der Waals surface area (Å²) in [5.74, 6) is 0. The molecule has 0 bridgehead atoms. The van der Waals surface area contributed by atoms with Gasteiger partial charge in [-0.15, -0.1) is 0 Å². The number of rotatable bonds is 9. The molecule has 2 N–H and O–H groups in total. The zero-order valence-electron chi connectivity index (χ0n) is 9.87. The van der Waals surface area contributed by atoms with Gasteiger partial charge in [0.2, 0.25) is 0 Å². The summed E-state index contributed by atoms with van der Waals surface area (Å²) >= 11 is 4.93. The van der Waals surface area contributed by atoms with Gasteiger partial charge in [0.25, 0.3) is 0 Å². The van der Waals surface area contributed by atoms with Crippen molar-refractivity contribution in [1.29, 1.82) is 0 Å². The summed E-state index contributed by atoms with van der Waals surface area (Å²) in [7, 11) is 0. The van der Waals surface area contributed by atoms with E-state index in [1.165, 1.54) is 45.1 Å². The number of hydrogen-bond acceptors (Lipinski definition) is 2. The van der Waals surface area contributed by atoms with Crippen LogP contribution in [-0.4, -0.2) is 29.0 Å². The first kappa shape index (κ1) is 12.9. The van der Waals surface area contributed by atoms with Crippen molar-refractivity contribution >= 4 is 17.2 Å². The van der Waals surface area contributed by atoms with E-state index in [4.69, 9.17) is 18.0 Å². The summed E-state index contributed by atoms with van der Waals surface area (Å²) in [6.45, 7) is 4.57. The van der Waals surface area contributed by atoms with Gasteiger partial charge in [0.15, 0.2) is 0 Å². The van der Waals surface area contributed by atoms with Crippen molar-refractivity contribution in [3.63, 3.8) is 0 Å². The van der Waals surface area contributed by atoms with Gasteiger partial charge in [-0.3, -0.25) is 4.90 Å². The average Bonchev–Trinajstić information content (AvgIpc) is 3.00. The molecule has 1 fully saturated rings. The van der Waals surface area contributed by atoms with Crippen molar-refractivity contribution in [2.75, 3.05) is 13.1 Å². The maximum Gasteiger partial charge on any atom is 0.0740 e. The lowest BCUT2D eigenvalue weighted by Gasteiger charge is -2.21. The Morgan fingerprint density at radius 3 is 2.53 bits per heavy atom. The van der Waals surface area contributed by atoms with Gasteiger partial charge in [0.1, 0.15) is 0 Å². The third kappa shape index (κ3) is 6.10. The lowest BCUT2D eigenvalue weighted by molar-refractivity contribution is 0.264. The summed E-state index contributed by atoms with van der Waals surface area (Å²) in [4.78, 5) is 3.24. The number of unbranched alkanes of at least 4 members (excludes halogenated alkanes) is 3. The predicted molar refractivity (Wildman–Crippen MR) is 70.1 cm³/mol. The van der Waals surface area contributed by atoms with Crippen LogP contribution in [0.1, 0.15) is 51.9 Å². The second-order valence-corrected chi connectivity index (χ2v) is 5.07. The number of nitrogens with zero attached hydrogens (tertiary/aromatic N) is 1. The smallest absolute Gasteiger partial charge is 0.0740 e. The van der Waals surface area contributed by atoms with Crippen LogP contribution >= 0.6 is 12.2 Å². The van der Waals surface area contributed by atoms with Crippen LogP contribution in [0.2, 0.25) is 0 Å². The van der Waals surface area contributed by atoms with E-state index in [2.05, 4.69) is 11.8 Å². The van der Waals surface area contributed by atoms with Crippen molar-refractivity contribution < 1.29 is 0 Å². The highest BCUT2D eigenvalue weighted by Crippen LogP contribution is 2.27.